The van der Waals surface area contributed by atoms with Crippen LogP contribution < -0.4 is 4.74 Å². The van der Waals surface area contributed by atoms with Crippen LogP contribution in [0.25, 0.3) is 0 Å². The van der Waals surface area contributed by atoms with Gasteiger partial charge in [-0.05, 0) is 6.07 Å². The fraction of sp³-hybridized carbons (Fsp3) is 0.300. The number of benzene rings is 1. The highest BCUT2D eigenvalue weighted by Gasteiger charge is 2.19. The Morgan fingerprint density at radius 2 is 2.12 bits per heavy atom. The molecule has 0 N–H and O–H groups in total. The maximum absolute atomic E-state index is 13.3. The fourth-order valence-electron chi connectivity index (χ4n) is 1.17. The lowest BCUT2D eigenvalue weighted by Gasteiger charge is -2.11. The normalized spacial score (nSPS) is 10.5. The summed E-state index contributed by atoms with van der Waals surface area (Å²) >= 11 is 5.43. The molecule has 1 rings (SSSR count). The predicted molar refractivity (Wildman–Crippen MR) is 53.9 cm³/mol. The largest absolute Gasteiger partial charge is 0.465 e. The molecular weight excluding hydrogens is 261 g/mol. The maximum atomic E-state index is 13.3. The second-order valence-electron chi connectivity index (χ2n) is 2.94. The first-order valence-electron chi connectivity index (χ1n) is 4.41. The molecule has 0 bridgehead atoms. The van der Waals surface area contributed by atoms with Gasteiger partial charge >= 0.3 is 12.6 Å². The van der Waals surface area contributed by atoms with Crippen LogP contribution in [0.4, 0.5) is 13.2 Å². The molecule has 1 aromatic rings. The highest BCUT2D eigenvalue weighted by molar-refractivity contribution is 6.17. The summed E-state index contributed by atoms with van der Waals surface area (Å²) in [5, 5.41) is 0. The molecule has 0 saturated heterocycles. The van der Waals surface area contributed by atoms with Crippen molar-refractivity contribution >= 4 is 17.6 Å². The third kappa shape index (κ3) is 3.26. The van der Waals surface area contributed by atoms with Crippen LogP contribution in [0, 0.1) is 5.82 Å². The molecule has 0 aromatic heterocycles. The number of rotatable bonds is 4. The molecule has 94 valence electrons. The molecule has 0 aliphatic rings. The summed E-state index contributed by atoms with van der Waals surface area (Å²) < 4.78 is 45.8. The zero-order valence-electron chi connectivity index (χ0n) is 8.68. The molecule has 1 aromatic carbocycles. The van der Waals surface area contributed by atoms with E-state index < -0.39 is 24.1 Å². The summed E-state index contributed by atoms with van der Waals surface area (Å²) in [5.41, 5.74) is -0.307. The zero-order chi connectivity index (χ0) is 13.0. The molecule has 0 atom stereocenters. The summed E-state index contributed by atoms with van der Waals surface area (Å²) in [7, 11) is 1.07. The van der Waals surface area contributed by atoms with E-state index in [1.807, 2.05) is 0 Å². The smallest absolute Gasteiger partial charge is 0.387 e. The van der Waals surface area contributed by atoms with Crippen molar-refractivity contribution in [2.75, 3.05) is 7.11 Å². The van der Waals surface area contributed by atoms with E-state index >= 15 is 0 Å². The topological polar surface area (TPSA) is 35.5 Å². The molecule has 3 nitrogen and oxygen atoms in total. The number of carbonyl (C=O) groups excluding carboxylic acids is 1. The van der Waals surface area contributed by atoms with E-state index in [1.54, 1.807) is 0 Å². The van der Waals surface area contributed by atoms with Gasteiger partial charge in [0.15, 0.2) is 0 Å². The van der Waals surface area contributed by atoms with Crippen LogP contribution in [0.2, 0.25) is 0 Å². The van der Waals surface area contributed by atoms with Crippen LogP contribution in [-0.4, -0.2) is 19.7 Å². The molecule has 0 aliphatic heterocycles. The lowest BCUT2D eigenvalue weighted by Crippen LogP contribution is -2.10. The Bertz CT molecular complexity index is 424. The maximum Gasteiger partial charge on any atom is 0.387 e. The molecule has 17 heavy (non-hydrogen) atoms. The SMILES string of the molecule is COC(=O)c1cc(CCl)c(F)cc1OC(F)F. The van der Waals surface area contributed by atoms with Gasteiger partial charge in [-0.1, -0.05) is 0 Å². The molecule has 0 amide bonds. The molecule has 0 heterocycles. The predicted octanol–water partition coefficient (Wildman–Crippen LogP) is 2.95. The molecule has 0 unspecified atom stereocenters. The van der Waals surface area contributed by atoms with Crippen LogP contribution in [-0.2, 0) is 10.6 Å². The number of ether oxygens (including phenoxy) is 2. The van der Waals surface area contributed by atoms with Crippen LogP contribution in [0.15, 0.2) is 12.1 Å². The summed E-state index contributed by atoms with van der Waals surface area (Å²) in [5.74, 6) is -2.53. The Morgan fingerprint density at radius 1 is 1.47 bits per heavy atom. The van der Waals surface area contributed by atoms with E-state index in [9.17, 15) is 18.0 Å². The van der Waals surface area contributed by atoms with Gasteiger partial charge in [0.2, 0.25) is 0 Å². The number of halogens is 4. The highest BCUT2D eigenvalue weighted by Crippen LogP contribution is 2.26. The molecule has 7 heteroatoms. The van der Waals surface area contributed by atoms with Gasteiger partial charge in [0.1, 0.15) is 17.1 Å². The van der Waals surface area contributed by atoms with Crippen LogP contribution in [0.3, 0.4) is 0 Å². The third-order valence-electron chi connectivity index (χ3n) is 1.91. The van der Waals surface area contributed by atoms with Gasteiger partial charge in [-0.2, -0.15) is 8.78 Å². The molecule has 0 saturated carbocycles. The van der Waals surface area contributed by atoms with E-state index in [1.165, 1.54) is 0 Å². The zero-order valence-corrected chi connectivity index (χ0v) is 9.43. The van der Waals surface area contributed by atoms with Crippen LogP contribution in [0.1, 0.15) is 15.9 Å². The molecule has 0 aliphatic carbocycles. The third-order valence-corrected chi connectivity index (χ3v) is 2.20. The van der Waals surface area contributed by atoms with E-state index in [4.69, 9.17) is 11.6 Å². The number of hydrogen-bond donors (Lipinski definition) is 0. The standard InChI is InChI=1S/C10H8ClF3O3/c1-16-9(15)6-2-5(4-11)7(12)3-8(6)17-10(13)14/h2-3,10H,4H2,1H3. The Kier molecular flexibility index (Phi) is 4.62. The summed E-state index contributed by atoms with van der Waals surface area (Å²) in [4.78, 5) is 11.3. The van der Waals surface area contributed by atoms with E-state index in [0.717, 1.165) is 13.2 Å². The van der Waals surface area contributed by atoms with Crippen molar-refractivity contribution in [1.82, 2.24) is 0 Å². The minimum Gasteiger partial charge on any atom is -0.465 e. The second kappa shape index (κ2) is 5.77. The second-order valence-corrected chi connectivity index (χ2v) is 3.21. The van der Waals surface area contributed by atoms with Gasteiger partial charge in [-0.15, -0.1) is 11.6 Å². The van der Waals surface area contributed by atoms with E-state index in [2.05, 4.69) is 9.47 Å². The number of methoxy groups -OCH3 is 1. The van der Waals surface area contributed by atoms with Crippen molar-refractivity contribution in [3.8, 4) is 5.75 Å². The highest BCUT2D eigenvalue weighted by atomic mass is 35.5. The van der Waals surface area contributed by atoms with Crippen molar-refractivity contribution in [1.29, 1.82) is 0 Å². The lowest BCUT2D eigenvalue weighted by atomic mass is 10.1. The summed E-state index contributed by atoms with van der Waals surface area (Å²) in [6.45, 7) is -3.17. The van der Waals surface area contributed by atoms with Crippen molar-refractivity contribution in [2.45, 2.75) is 12.5 Å². The van der Waals surface area contributed by atoms with Crippen LogP contribution >= 0.6 is 11.6 Å². The first kappa shape index (κ1) is 13.6. The van der Waals surface area contributed by atoms with Gasteiger partial charge in [0, 0.05) is 11.6 Å². The summed E-state index contributed by atoms with van der Waals surface area (Å²) in [6.07, 6.45) is 0. The lowest BCUT2D eigenvalue weighted by molar-refractivity contribution is -0.0505. The molecule has 0 spiro atoms. The van der Waals surface area contributed by atoms with Crippen molar-refractivity contribution in [3.05, 3.63) is 29.1 Å². The molecular formula is C10H8ClF3O3. The molecule has 0 radical (unpaired) electrons. The van der Waals surface area contributed by atoms with Crippen molar-refractivity contribution in [2.24, 2.45) is 0 Å². The van der Waals surface area contributed by atoms with Gasteiger partial charge in [0.05, 0.1) is 13.0 Å². The Hall–Kier alpha value is -1.43. The number of carbonyl (C=O) groups is 1. The number of alkyl halides is 3. The molecule has 0 fully saturated rings. The first-order valence-corrected chi connectivity index (χ1v) is 4.94. The van der Waals surface area contributed by atoms with E-state index in [0.29, 0.717) is 6.07 Å². The Morgan fingerprint density at radius 3 is 2.59 bits per heavy atom. The Balaban J connectivity index is 3.25. The average molecular weight is 269 g/mol. The number of hydrogen-bond acceptors (Lipinski definition) is 3. The van der Waals surface area contributed by atoms with Gasteiger partial charge in [0.25, 0.3) is 0 Å². The monoisotopic (exact) mass is 268 g/mol. The quantitative estimate of drug-likeness (QED) is 0.622. The van der Waals surface area contributed by atoms with Crippen LogP contribution in [0.5, 0.6) is 5.75 Å². The first-order chi connectivity index (χ1) is 7.99. The fourth-order valence-corrected chi connectivity index (χ4v) is 1.37. The van der Waals surface area contributed by atoms with Gasteiger partial charge in [-0.3, -0.25) is 0 Å². The van der Waals surface area contributed by atoms with Crippen molar-refractivity contribution < 1.29 is 27.4 Å². The van der Waals surface area contributed by atoms with Gasteiger partial charge < -0.3 is 9.47 Å². The minimum atomic E-state index is -3.17. The van der Waals surface area contributed by atoms with Crippen molar-refractivity contribution in [3.63, 3.8) is 0 Å². The minimum absolute atomic E-state index is 0.00585. The Labute approximate surface area is 100 Å². The van der Waals surface area contributed by atoms with E-state index in [-0.39, 0.29) is 17.0 Å². The average Bonchev–Trinajstić information content (AvgIpc) is 2.27. The number of esters is 1. The van der Waals surface area contributed by atoms with Gasteiger partial charge in [-0.25, -0.2) is 9.18 Å². The summed E-state index contributed by atoms with van der Waals surface area (Å²) in [6, 6.07) is 1.70.